The third kappa shape index (κ3) is 4.96. The number of carbonyl (C=O) groups is 1. The smallest absolute Gasteiger partial charge is 0.219 e. The van der Waals surface area contributed by atoms with Gasteiger partial charge in [-0.25, -0.2) is 0 Å². The summed E-state index contributed by atoms with van der Waals surface area (Å²) in [5.74, 6) is 1.10. The quantitative estimate of drug-likeness (QED) is 0.731. The van der Waals surface area contributed by atoms with Crippen molar-refractivity contribution in [1.82, 2.24) is 9.80 Å². The topological polar surface area (TPSA) is 32.8 Å². The molecule has 0 aromatic rings. The molecule has 0 unspecified atom stereocenters. The van der Waals surface area contributed by atoms with Crippen molar-refractivity contribution < 1.29 is 9.53 Å². The summed E-state index contributed by atoms with van der Waals surface area (Å²) in [4.78, 5) is 16.1. The second kappa shape index (κ2) is 7.59. The molecular formula is C17H32N2O2. The Kier molecular flexibility index (Phi) is 6.06. The number of hydrogen-bond donors (Lipinski definition) is 0. The van der Waals surface area contributed by atoms with Gasteiger partial charge in [0.15, 0.2) is 0 Å². The first-order chi connectivity index (χ1) is 9.99. The van der Waals surface area contributed by atoms with Crippen LogP contribution in [-0.2, 0) is 9.53 Å². The van der Waals surface area contributed by atoms with Gasteiger partial charge in [-0.3, -0.25) is 9.69 Å². The number of ether oxygens (including phenoxy) is 1. The molecule has 0 atom stereocenters. The van der Waals surface area contributed by atoms with Gasteiger partial charge in [-0.1, -0.05) is 12.8 Å². The summed E-state index contributed by atoms with van der Waals surface area (Å²) in [6.45, 7) is 12.1. The van der Waals surface area contributed by atoms with E-state index >= 15 is 0 Å². The van der Waals surface area contributed by atoms with Gasteiger partial charge >= 0.3 is 0 Å². The van der Waals surface area contributed by atoms with E-state index in [2.05, 4.69) is 18.7 Å². The minimum atomic E-state index is 0.114. The molecule has 0 radical (unpaired) electrons. The molecule has 0 aromatic heterocycles. The van der Waals surface area contributed by atoms with Crippen LogP contribution < -0.4 is 0 Å². The molecule has 2 rings (SSSR count). The van der Waals surface area contributed by atoms with Crippen molar-refractivity contribution in [3.8, 4) is 0 Å². The Bertz CT molecular complexity index is 338. The number of carbonyl (C=O) groups excluding carboxylic acids is 1. The first kappa shape index (κ1) is 16.8. The third-order valence-electron chi connectivity index (χ3n) is 5.15. The van der Waals surface area contributed by atoms with Gasteiger partial charge in [-0.05, 0) is 45.6 Å². The molecule has 0 bridgehead atoms. The van der Waals surface area contributed by atoms with E-state index in [1.807, 2.05) is 4.90 Å². The lowest BCUT2D eigenvalue weighted by Gasteiger charge is -2.47. The van der Waals surface area contributed by atoms with E-state index in [0.717, 1.165) is 38.8 Å². The SMILES string of the molecule is CC(=O)N1CCN(CCCCC2CCOCC2)C(C)(C)C1. The number of rotatable bonds is 5. The van der Waals surface area contributed by atoms with Crippen LogP contribution in [0.3, 0.4) is 0 Å². The van der Waals surface area contributed by atoms with Crippen molar-refractivity contribution in [2.45, 2.75) is 58.4 Å². The maximum Gasteiger partial charge on any atom is 0.219 e. The number of nitrogens with zero attached hydrogens (tertiary/aromatic N) is 2. The molecule has 2 heterocycles. The fourth-order valence-corrected chi connectivity index (χ4v) is 3.64. The molecule has 21 heavy (non-hydrogen) atoms. The fourth-order valence-electron chi connectivity index (χ4n) is 3.64. The van der Waals surface area contributed by atoms with E-state index < -0.39 is 0 Å². The number of amides is 1. The fraction of sp³-hybridized carbons (Fsp3) is 0.941. The van der Waals surface area contributed by atoms with Crippen LogP contribution in [0.25, 0.3) is 0 Å². The van der Waals surface area contributed by atoms with Crippen LogP contribution in [0.15, 0.2) is 0 Å². The molecule has 0 N–H and O–H groups in total. The summed E-state index contributed by atoms with van der Waals surface area (Å²) in [5, 5.41) is 0. The summed E-state index contributed by atoms with van der Waals surface area (Å²) in [7, 11) is 0. The lowest BCUT2D eigenvalue weighted by Crippen LogP contribution is -2.60. The Morgan fingerprint density at radius 1 is 1.19 bits per heavy atom. The second-order valence-corrected chi connectivity index (χ2v) is 7.29. The zero-order chi connectivity index (χ0) is 15.3. The molecular weight excluding hydrogens is 264 g/mol. The van der Waals surface area contributed by atoms with Crippen LogP contribution >= 0.6 is 0 Å². The van der Waals surface area contributed by atoms with Gasteiger partial charge in [-0.15, -0.1) is 0 Å². The van der Waals surface area contributed by atoms with Gasteiger partial charge in [-0.2, -0.15) is 0 Å². The van der Waals surface area contributed by atoms with Gasteiger partial charge in [0.2, 0.25) is 5.91 Å². The highest BCUT2D eigenvalue weighted by atomic mass is 16.5. The average Bonchev–Trinajstić information content (AvgIpc) is 2.45. The third-order valence-corrected chi connectivity index (χ3v) is 5.15. The van der Waals surface area contributed by atoms with E-state index in [1.54, 1.807) is 6.92 Å². The summed E-state index contributed by atoms with van der Waals surface area (Å²) in [6.07, 6.45) is 6.47. The molecule has 1 amide bonds. The molecule has 4 nitrogen and oxygen atoms in total. The Labute approximate surface area is 129 Å². The van der Waals surface area contributed by atoms with Crippen LogP contribution in [0.4, 0.5) is 0 Å². The summed E-state index contributed by atoms with van der Waals surface area (Å²) in [5.41, 5.74) is 0.114. The summed E-state index contributed by atoms with van der Waals surface area (Å²) < 4.78 is 5.42. The highest BCUT2D eigenvalue weighted by Crippen LogP contribution is 2.24. The predicted molar refractivity (Wildman–Crippen MR) is 85.3 cm³/mol. The molecule has 2 fully saturated rings. The maximum atomic E-state index is 11.5. The first-order valence-corrected chi connectivity index (χ1v) is 8.57. The van der Waals surface area contributed by atoms with Crippen molar-refractivity contribution >= 4 is 5.91 Å². The largest absolute Gasteiger partial charge is 0.381 e. The van der Waals surface area contributed by atoms with Crippen LogP contribution in [0.5, 0.6) is 0 Å². The Morgan fingerprint density at radius 3 is 2.52 bits per heavy atom. The van der Waals surface area contributed by atoms with Crippen molar-refractivity contribution in [3.63, 3.8) is 0 Å². The van der Waals surface area contributed by atoms with Gasteiger partial charge < -0.3 is 9.64 Å². The summed E-state index contributed by atoms with van der Waals surface area (Å²) in [6, 6.07) is 0. The number of hydrogen-bond acceptors (Lipinski definition) is 3. The zero-order valence-corrected chi connectivity index (χ0v) is 14.1. The van der Waals surface area contributed by atoms with Crippen LogP contribution in [0, 0.1) is 5.92 Å². The molecule has 122 valence electrons. The van der Waals surface area contributed by atoms with Crippen LogP contribution in [0.1, 0.15) is 52.9 Å². The number of unbranched alkanes of at least 4 members (excludes halogenated alkanes) is 1. The lowest BCUT2D eigenvalue weighted by atomic mass is 9.93. The maximum absolute atomic E-state index is 11.5. The molecule has 4 heteroatoms. The normalized spacial score (nSPS) is 24.2. The molecule has 2 saturated heterocycles. The average molecular weight is 296 g/mol. The first-order valence-electron chi connectivity index (χ1n) is 8.57. The molecule has 2 aliphatic rings. The number of piperazine rings is 1. The second-order valence-electron chi connectivity index (χ2n) is 7.29. The molecule has 0 spiro atoms. The molecule has 0 aliphatic carbocycles. The van der Waals surface area contributed by atoms with Crippen molar-refractivity contribution in [1.29, 1.82) is 0 Å². The van der Waals surface area contributed by atoms with Crippen molar-refractivity contribution in [2.24, 2.45) is 5.92 Å². The molecule has 2 aliphatic heterocycles. The highest BCUT2D eigenvalue weighted by Gasteiger charge is 2.34. The van der Waals surface area contributed by atoms with E-state index in [4.69, 9.17) is 4.74 Å². The van der Waals surface area contributed by atoms with Crippen LogP contribution in [-0.4, -0.2) is 60.6 Å². The lowest BCUT2D eigenvalue weighted by molar-refractivity contribution is -0.133. The van der Waals surface area contributed by atoms with Crippen molar-refractivity contribution in [2.75, 3.05) is 39.4 Å². The minimum absolute atomic E-state index is 0.114. The van der Waals surface area contributed by atoms with Crippen LogP contribution in [0.2, 0.25) is 0 Å². The standard InChI is InChI=1S/C17H32N2O2/c1-15(20)18-10-11-19(17(2,3)14-18)9-5-4-6-16-7-12-21-13-8-16/h16H,4-14H2,1-3H3. The predicted octanol–water partition coefficient (Wildman–Crippen LogP) is 2.53. The van der Waals surface area contributed by atoms with Crippen molar-refractivity contribution in [3.05, 3.63) is 0 Å². The Balaban J connectivity index is 1.67. The highest BCUT2D eigenvalue weighted by molar-refractivity contribution is 5.73. The molecule has 0 saturated carbocycles. The molecule has 0 aromatic carbocycles. The van der Waals surface area contributed by atoms with Gasteiger partial charge in [0, 0.05) is 45.3 Å². The van der Waals surface area contributed by atoms with E-state index in [0.29, 0.717) is 0 Å². The van der Waals surface area contributed by atoms with E-state index in [9.17, 15) is 4.79 Å². The minimum Gasteiger partial charge on any atom is -0.381 e. The zero-order valence-electron chi connectivity index (χ0n) is 14.1. The summed E-state index contributed by atoms with van der Waals surface area (Å²) >= 11 is 0. The van der Waals surface area contributed by atoms with E-state index in [1.165, 1.54) is 38.6 Å². The monoisotopic (exact) mass is 296 g/mol. The van der Waals surface area contributed by atoms with Gasteiger partial charge in [0.25, 0.3) is 0 Å². The van der Waals surface area contributed by atoms with Gasteiger partial charge in [0.1, 0.15) is 0 Å². The Morgan fingerprint density at radius 2 is 1.90 bits per heavy atom. The Hall–Kier alpha value is -0.610. The van der Waals surface area contributed by atoms with Gasteiger partial charge in [0.05, 0.1) is 0 Å². The van der Waals surface area contributed by atoms with E-state index in [-0.39, 0.29) is 11.4 Å².